The third-order valence-corrected chi connectivity index (χ3v) is 2.73. The molecule has 0 saturated heterocycles. The van der Waals surface area contributed by atoms with Crippen molar-refractivity contribution >= 4 is 0 Å². The lowest BCUT2D eigenvalue weighted by Gasteiger charge is -2.16. The molecule has 6 heteroatoms. The van der Waals surface area contributed by atoms with Gasteiger partial charge in [-0.05, 0) is 19.5 Å². The maximum atomic E-state index is 13.7. The molecular formula is C13H18F4N2. The van der Waals surface area contributed by atoms with Crippen molar-refractivity contribution in [2.45, 2.75) is 32.6 Å². The number of alkyl halides is 3. The molecule has 1 aromatic carbocycles. The van der Waals surface area contributed by atoms with Crippen molar-refractivity contribution in [3.8, 4) is 0 Å². The molecule has 19 heavy (non-hydrogen) atoms. The highest BCUT2D eigenvalue weighted by Crippen LogP contribution is 2.32. The van der Waals surface area contributed by atoms with Gasteiger partial charge in [0.1, 0.15) is 5.82 Å². The first-order valence-corrected chi connectivity index (χ1v) is 6.15. The first kappa shape index (κ1) is 15.9. The van der Waals surface area contributed by atoms with Gasteiger partial charge in [-0.2, -0.15) is 13.2 Å². The summed E-state index contributed by atoms with van der Waals surface area (Å²) >= 11 is 0. The Morgan fingerprint density at radius 2 is 1.95 bits per heavy atom. The predicted molar refractivity (Wildman–Crippen MR) is 66.2 cm³/mol. The molecule has 0 heterocycles. The van der Waals surface area contributed by atoms with Crippen LogP contribution in [-0.2, 0) is 12.7 Å². The number of hydrogen-bond donors (Lipinski definition) is 2. The quantitative estimate of drug-likeness (QED) is 0.782. The van der Waals surface area contributed by atoms with Crippen LogP contribution in [0.25, 0.3) is 0 Å². The Morgan fingerprint density at radius 1 is 1.26 bits per heavy atom. The number of hydrogen-bond acceptors (Lipinski definition) is 2. The van der Waals surface area contributed by atoms with Gasteiger partial charge in [0.2, 0.25) is 0 Å². The normalized spacial score (nSPS) is 13.6. The van der Waals surface area contributed by atoms with Crippen LogP contribution in [0.15, 0.2) is 18.2 Å². The molecule has 0 saturated carbocycles. The number of benzene rings is 1. The lowest BCUT2D eigenvalue weighted by atomic mass is 10.1. The molecule has 2 N–H and O–H groups in total. The van der Waals surface area contributed by atoms with Gasteiger partial charge in [0.05, 0.1) is 5.56 Å². The molecule has 1 aromatic rings. The Labute approximate surface area is 110 Å². The van der Waals surface area contributed by atoms with Crippen LogP contribution in [0.2, 0.25) is 0 Å². The lowest BCUT2D eigenvalue weighted by molar-refractivity contribution is -0.140. The van der Waals surface area contributed by atoms with Gasteiger partial charge in [0, 0.05) is 24.7 Å². The van der Waals surface area contributed by atoms with Gasteiger partial charge in [-0.25, -0.2) is 4.39 Å². The van der Waals surface area contributed by atoms with Crippen LogP contribution >= 0.6 is 0 Å². The van der Waals surface area contributed by atoms with Crippen LogP contribution in [0.3, 0.4) is 0 Å². The van der Waals surface area contributed by atoms with Crippen LogP contribution in [-0.4, -0.2) is 19.1 Å². The van der Waals surface area contributed by atoms with Crippen molar-refractivity contribution in [1.82, 2.24) is 10.6 Å². The zero-order chi connectivity index (χ0) is 14.5. The van der Waals surface area contributed by atoms with Gasteiger partial charge in [0.15, 0.2) is 0 Å². The minimum Gasteiger partial charge on any atom is -0.315 e. The molecule has 1 atom stereocenters. The molecule has 0 fully saturated rings. The second kappa shape index (κ2) is 6.86. The van der Waals surface area contributed by atoms with E-state index in [0.717, 1.165) is 12.6 Å². The van der Waals surface area contributed by atoms with E-state index in [-0.39, 0.29) is 18.2 Å². The van der Waals surface area contributed by atoms with E-state index in [4.69, 9.17) is 0 Å². The van der Waals surface area contributed by atoms with E-state index in [1.807, 2.05) is 13.8 Å². The second-order valence-corrected chi connectivity index (χ2v) is 4.37. The first-order valence-electron chi connectivity index (χ1n) is 6.15. The van der Waals surface area contributed by atoms with Crippen LogP contribution in [0.1, 0.15) is 25.0 Å². The maximum Gasteiger partial charge on any atom is 0.419 e. The van der Waals surface area contributed by atoms with E-state index in [9.17, 15) is 17.6 Å². The Balaban J connectivity index is 2.69. The van der Waals surface area contributed by atoms with Gasteiger partial charge in [-0.1, -0.05) is 19.1 Å². The van der Waals surface area contributed by atoms with E-state index in [2.05, 4.69) is 10.6 Å². The van der Waals surface area contributed by atoms with Crippen molar-refractivity contribution in [2.24, 2.45) is 0 Å². The van der Waals surface area contributed by atoms with E-state index >= 15 is 0 Å². The van der Waals surface area contributed by atoms with Gasteiger partial charge in [-0.3, -0.25) is 0 Å². The summed E-state index contributed by atoms with van der Waals surface area (Å²) in [6.07, 6.45) is -4.66. The maximum absolute atomic E-state index is 13.7. The standard InChI is InChI=1S/C13H18F4N2/c1-3-18-7-9(2)19-8-10-5-4-6-11(12(10)14)13(15,16)17/h4-6,9,18-19H,3,7-8H2,1-2H3. The molecule has 108 valence electrons. The van der Waals surface area contributed by atoms with E-state index < -0.39 is 17.6 Å². The summed E-state index contributed by atoms with van der Waals surface area (Å²) in [5.41, 5.74) is -1.19. The fraction of sp³-hybridized carbons (Fsp3) is 0.538. The van der Waals surface area contributed by atoms with Gasteiger partial charge in [0.25, 0.3) is 0 Å². The summed E-state index contributed by atoms with van der Waals surface area (Å²) in [7, 11) is 0. The van der Waals surface area contributed by atoms with E-state index in [0.29, 0.717) is 6.54 Å². The van der Waals surface area contributed by atoms with Crippen molar-refractivity contribution in [3.05, 3.63) is 35.1 Å². The summed E-state index contributed by atoms with van der Waals surface area (Å²) in [4.78, 5) is 0. The molecule has 1 unspecified atom stereocenters. The Kier molecular flexibility index (Phi) is 5.75. The molecule has 0 aliphatic heterocycles. The summed E-state index contributed by atoms with van der Waals surface area (Å²) in [6.45, 7) is 5.40. The van der Waals surface area contributed by atoms with Crippen LogP contribution in [0.4, 0.5) is 17.6 Å². The Hall–Kier alpha value is -1.14. The number of likely N-dealkylation sites (N-methyl/N-ethyl adjacent to an activating group) is 1. The molecule has 0 bridgehead atoms. The fourth-order valence-electron chi connectivity index (χ4n) is 1.65. The smallest absolute Gasteiger partial charge is 0.315 e. The summed E-state index contributed by atoms with van der Waals surface area (Å²) < 4.78 is 51.3. The van der Waals surface area contributed by atoms with Gasteiger partial charge < -0.3 is 10.6 Å². The highest BCUT2D eigenvalue weighted by Gasteiger charge is 2.34. The fourth-order valence-corrected chi connectivity index (χ4v) is 1.65. The lowest BCUT2D eigenvalue weighted by Crippen LogP contribution is -2.36. The molecule has 2 nitrogen and oxygen atoms in total. The summed E-state index contributed by atoms with van der Waals surface area (Å²) in [5, 5.41) is 6.08. The second-order valence-electron chi connectivity index (χ2n) is 4.37. The van der Waals surface area contributed by atoms with Crippen molar-refractivity contribution in [1.29, 1.82) is 0 Å². The molecular weight excluding hydrogens is 260 g/mol. The van der Waals surface area contributed by atoms with Crippen molar-refractivity contribution in [3.63, 3.8) is 0 Å². The molecule has 0 radical (unpaired) electrons. The van der Waals surface area contributed by atoms with E-state index in [1.54, 1.807) is 0 Å². The highest BCUT2D eigenvalue weighted by molar-refractivity contribution is 5.28. The van der Waals surface area contributed by atoms with Crippen molar-refractivity contribution in [2.75, 3.05) is 13.1 Å². The van der Waals surface area contributed by atoms with Gasteiger partial charge >= 0.3 is 6.18 Å². The SMILES string of the molecule is CCNCC(C)NCc1cccc(C(F)(F)F)c1F. The topological polar surface area (TPSA) is 24.1 Å². The number of nitrogens with one attached hydrogen (secondary N) is 2. The third-order valence-electron chi connectivity index (χ3n) is 2.73. The third kappa shape index (κ3) is 4.80. The molecule has 0 spiro atoms. The predicted octanol–water partition coefficient (Wildman–Crippen LogP) is 2.93. The monoisotopic (exact) mass is 278 g/mol. The van der Waals surface area contributed by atoms with Crippen LogP contribution < -0.4 is 10.6 Å². The highest BCUT2D eigenvalue weighted by atomic mass is 19.4. The minimum absolute atomic E-state index is 0.0261. The minimum atomic E-state index is -4.66. The number of rotatable bonds is 6. The molecule has 0 amide bonds. The van der Waals surface area contributed by atoms with Crippen LogP contribution in [0, 0.1) is 5.82 Å². The average Bonchev–Trinajstić information content (AvgIpc) is 2.33. The zero-order valence-electron chi connectivity index (χ0n) is 10.9. The largest absolute Gasteiger partial charge is 0.419 e. The van der Waals surface area contributed by atoms with E-state index in [1.165, 1.54) is 12.1 Å². The Bertz CT molecular complexity index is 404. The van der Waals surface area contributed by atoms with Gasteiger partial charge in [-0.15, -0.1) is 0 Å². The molecule has 0 aliphatic carbocycles. The van der Waals surface area contributed by atoms with Crippen LogP contribution in [0.5, 0.6) is 0 Å². The molecule has 0 aliphatic rings. The summed E-state index contributed by atoms with van der Waals surface area (Å²) in [6, 6.07) is 3.38. The summed E-state index contributed by atoms with van der Waals surface area (Å²) in [5.74, 6) is -1.20. The molecule has 0 aromatic heterocycles. The zero-order valence-corrected chi connectivity index (χ0v) is 10.9. The first-order chi connectivity index (χ1) is 8.86. The average molecular weight is 278 g/mol. The number of halogens is 4. The molecule has 1 rings (SSSR count). The Morgan fingerprint density at radius 3 is 2.53 bits per heavy atom. The van der Waals surface area contributed by atoms with Crippen molar-refractivity contribution < 1.29 is 17.6 Å².